The largest absolute Gasteiger partial charge is 0.491 e. The van der Waals surface area contributed by atoms with Crippen LogP contribution < -0.4 is 10.1 Å². The van der Waals surface area contributed by atoms with E-state index in [9.17, 15) is 9.59 Å². The predicted octanol–water partition coefficient (Wildman–Crippen LogP) is 3.00. The molecule has 0 saturated carbocycles. The summed E-state index contributed by atoms with van der Waals surface area (Å²) >= 11 is 0. The van der Waals surface area contributed by atoms with Crippen molar-refractivity contribution in [1.82, 2.24) is 5.32 Å². The third kappa shape index (κ3) is 3.25. The Morgan fingerprint density at radius 3 is 2.75 bits per heavy atom. The molecule has 5 heteroatoms. The molecular weight excluding hydrogens is 306 g/mol. The van der Waals surface area contributed by atoms with Crippen LogP contribution in [-0.2, 0) is 4.74 Å². The lowest BCUT2D eigenvalue weighted by molar-refractivity contribution is 0.0526. The average molecular weight is 327 g/mol. The maximum atomic E-state index is 12.2. The molecule has 1 heterocycles. The first kappa shape index (κ1) is 17.5. The molecule has 1 atom stereocenters. The van der Waals surface area contributed by atoms with Gasteiger partial charge >= 0.3 is 5.97 Å². The Labute approximate surface area is 141 Å². The highest BCUT2D eigenvalue weighted by molar-refractivity contribution is 6.01. The Hall–Kier alpha value is -2.82. The molecule has 0 bridgehead atoms. The lowest BCUT2D eigenvalue weighted by atomic mass is 9.90. The van der Waals surface area contributed by atoms with Gasteiger partial charge in [-0.25, -0.2) is 4.79 Å². The number of rotatable bonds is 6. The molecule has 5 nitrogen and oxygen atoms in total. The average Bonchev–Trinajstić information content (AvgIpc) is 3.02. The van der Waals surface area contributed by atoms with Crippen molar-refractivity contribution in [3.63, 3.8) is 0 Å². The molecule has 0 unspecified atom stereocenters. The zero-order chi connectivity index (χ0) is 17.7. The molecule has 0 radical (unpaired) electrons. The topological polar surface area (TPSA) is 64.6 Å². The molecule has 1 N–H and O–H groups in total. The van der Waals surface area contributed by atoms with E-state index in [-0.39, 0.29) is 18.4 Å². The molecule has 0 fully saturated rings. The van der Waals surface area contributed by atoms with E-state index >= 15 is 0 Å². The van der Waals surface area contributed by atoms with Gasteiger partial charge in [-0.3, -0.25) is 4.79 Å². The number of benzene rings is 1. The second-order valence-electron chi connectivity index (χ2n) is 5.21. The van der Waals surface area contributed by atoms with Gasteiger partial charge in [-0.05, 0) is 24.6 Å². The zero-order valence-corrected chi connectivity index (χ0v) is 13.9. The number of allylic oxidation sites excluding steroid dienone is 3. The molecule has 24 heavy (non-hydrogen) atoms. The lowest BCUT2D eigenvalue weighted by Gasteiger charge is -2.12. The van der Waals surface area contributed by atoms with Crippen LogP contribution in [0.2, 0.25) is 0 Å². The van der Waals surface area contributed by atoms with Crippen molar-refractivity contribution >= 4 is 11.9 Å². The van der Waals surface area contributed by atoms with Gasteiger partial charge in [0.15, 0.2) is 0 Å². The molecule has 1 aromatic rings. The molecule has 0 spiro atoms. The number of fused-ring (bicyclic) bond motifs is 1. The number of hydrogen-bond donors (Lipinski definition) is 1. The van der Waals surface area contributed by atoms with Crippen molar-refractivity contribution in [2.75, 3.05) is 20.3 Å². The van der Waals surface area contributed by atoms with Crippen LogP contribution >= 0.6 is 0 Å². The minimum absolute atomic E-state index is 0.117. The Balaban J connectivity index is 2.60. The molecular formula is C19H21NO4. The van der Waals surface area contributed by atoms with Crippen LogP contribution in [0.25, 0.3) is 0 Å². The summed E-state index contributed by atoms with van der Waals surface area (Å²) in [6, 6.07) is 3.22. The maximum absolute atomic E-state index is 12.2. The molecule has 1 aliphatic rings. The summed E-state index contributed by atoms with van der Waals surface area (Å²) in [6.45, 7) is 9.89. The third-order valence-electron chi connectivity index (χ3n) is 3.82. The number of ether oxygens (including phenoxy) is 2. The highest BCUT2D eigenvalue weighted by atomic mass is 16.5. The molecule has 0 saturated heterocycles. The van der Waals surface area contributed by atoms with Gasteiger partial charge in [0.2, 0.25) is 0 Å². The van der Waals surface area contributed by atoms with Crippen molar-refractivity contribution in [2.24, 2.45) is 0 Å². The highest BCUT2D eigenvalue weighted by Gasteiger charge is 2.31. The number of esters is 1. The Bertz CT molecular complexity index is 718. The quantitative estimate of drug-likeness (QED) is 0.644. The monoisotopic (exact) mass is 327 g/mol. The maximum Gasteiger partial charge on any atom is 0.338 e. The van der Waals surface area contributed by atoms with Crippen molar-refractivity contribution in [3.8, 4) is 5.75 Å². The fourth-order valence-electron chi connectivity index (χ4n) is 2.70. The van der Waals surface area contributed by atoms with Crippen LogP contribution in [0.5, 0.6) is 5.75 Å². The number of carbonyl (C=O) groups is 2. The fourth-order valence-corrected chi connectivity index (χ4v) is 2.70. The van der Waals surface area contributed by atoms with Crippen molar-refractivity contribution < 1.29 is 19.1 Å². The van der Waals surface area contributed by atoms with Crippen molar-refractivity contribution in [1.29, 1.82) is 0 Å². The molecule has 0 aromatic heterocycles. The van der Waals surface area contributed by atoms with E-state index in [4.69, 9.17) is 9.47 Å². The normalized spacial score (nSPS) is 15.9. The van der Waals surface area contributed by atoms with E-state index in [1.165, 1.54) is 13.1 Å². The SMILES string of the molecule is C=C/C=C(\C=C)[C@@H]1COc2c(C(=O)NC)cc(C(=O)OCC)cc21. The van der Waals surface area contributed by atoms with Gasteiger partial charge in [-0.1, -0.05) is 31.4 Å². The van der Waals surface area contributed by atoms with Crippen LogP contribution in [0.15, 0.2) is 49.1 Å². The zero-order valence-electron chi connectivity index (χ0n) is 13.9. The van der Waals surface area contributed by atoms with E-state index in [1.807, 2.05) is 6.08 Å². The van der Waals surface area contributed by atoms with Crippen LogP contribution in [0.1, 0.15) is 39.1 Å². The highest BCUT2D eigenvalue weighted by Crippen LogP contribution is 2.41. The van der Waals surface area contributed by atoms with Crippen LogP contribution in [0, 0.1) is 0 Å². The van der Waals surface area contributed by atoms with E-state index < -0.39 is 5.97 Å². The molecule has 1 aliphatic heterocycles. The summed E-state index contributed by atoms with van der Waals surface area (Å²) in [4.78, 5) is 24.3. The molecule has 1 aromatic carbocycles. The molecule has 2 rings (SSSR count). The third-order valence-corrected chi connectivity index (χ3v) is 3.82. The Morgan fingerprint density at radius 1 is 1.42 bits per heavy atom. The van der Waals surface area contributed by atoms with E-state index in [0.29, 0.717) is 23.5 Å². The molecule has 0 aliphatic carbocycles. The van der Waals surface area contributed by atoms with Gasteiger partial charge in [-0.15, -0.1) is 0 Å². The second kappa shape index (κ2) is 7.64. The van der Waals surface area contributed by atoms with E-state index in [0.717, 1.165) is 11.1 Å². The van der Waals surface area contributed by atoms with Gasteiger partial charge in [0.1, 0.15) is 5.75 Å². The van der Waals surface area contributed by atoms with Crippen LogP contribution in [-0.4, -0.2) is 32.1 Å². The van der Waals surface area contributed by atoms with Gasteiger partial charge in [-0.2, -0.15) is 0 Å². The Morgan fingerprint density at radius 2 is 2.17 bits per heavy atom. The summed E-state index contributed by atoms with van der Waals surface area (Å²) in [5, 5.41) is 2.57. The van der Waals surface area contributed by atoms with Crippen LogP contribution in [0.4, 0.5) is 0 Å². The smallest absolute Gasteiger partial charge is 0.338 e. The molecule has 126 valence electrons. The van der Waals surface area contributed by atoms with E-state index in [2.05, 4.69) is 18.5 Å². The molecule has 1 amide bonds. The number of amides is 1. The number of carbonyl (C=O) groups excluding carboxylic acids is 2. The van der Waals surface area contributed by atoms with E-state index in [1.54, 1.807) is 25.1 Å². The van der Waals surface area contributed by atoms with Gasteiger partial charge in [0, 0.05) is 18.5 Å². The summed E-state index contributed by atoms with van der Waals surface area (Å²) in [5.41, 5.74) is 2.33. The first-order chi connectivity index (χ1) is 11.6. The first-order valence-electron chi connectivity index (χ1n) is 7.72. The lowest BCUT2D eigenvalue weighted by Crippen LogP contribution is -2.19. The summed E-state index contributed by atoms with van der Waals surface area (Å²) in [6.07, 6.45) is 5.23. The number of nitrogens with one attached hydrogen (secondary N) is 1. The standard InChI is InChI=1S/C19H21NO4/c1-5-8-12(6-2)16-11-24-17-14(16)9-13(19(22)23-7-3)10-15(17)18(21)20-4/h5-6,8-10,16H,1-2,7,11H2,3-4H3,(H,20,21)/b12-8+/t16-/m0/s1. The van der Waals surface area contributed by atoms with Gasteiger partial charge < -0.3 is 14.8 Å². The Kier molecular flexibility index (Phi) is 5.58. The minimum Gasteiger partial charge on any atom is -0.491 e. The van der Waals surface area contributed by atoms with Gasteiger partial charge in [0.25, 0.3) is 5.91 Å². The summed E-state index contributed by atoms with van der Waals surface area (Å²) < 4.78 is 10.8. The minimum atomic E-state index is -0.469. The fraction of sp³-hybridized carbons (Fsp3) is 0.263. The van der Waals surface area contributed by atoms with Crippen molar-refractivity contribution in [2.45, 2.75) is 12.8 Å². The summed E-state index contributed by atoms with van der Waals surface area (Å²) in [5.74, 6) is -0.410. The first-order valence-corrected chi connectivity index (χ1v) is 7.72. The van der Waals surface area contributed by atoms with Crippen LogP contribution in [0.3, 0.4) is 0 Å². The predicted molar refractivity (Wildman–Crippen MR) is 92.5 cm³/mol. The second-order valence-corrected chi connectivity index (χ2v) is 5.21. The summed E-state index contributed by atoms with van der Waals surface area (Å²) in [7, 11) is 1.53. The number of hydrogen-bond acceptors (Lipinski definition) is 4. The van der Waals surface area contributed by atoms with Crippen molar-refractivity contribution in [3.05, 3.63) is 65.8 Å². The van der Waals surface area contributed by atoms with Gasteiger partial charge in [0.05, 0.1) is 24.3 Å².